The van der Waals surface area contributed by atoms with Crippen molar-refractivity contribution in [2.75, 3.05) is 0 Å². The second kappa shape index (κ2) is 5.64. The van der Waals surface area contributed by atoms with Crippen LogP contribution in [0.25, 0.3) is 22.3 Å². The van der Waals surface area contributed by atoms with Gasteiger partial charge in [0.1, 0.15) is 23.3 Å². The molecule has 0 radical (unpaired) electrons. The minimum atomic E-state index is -0.829. The molecule has 0 nitrogen and oxygen atoms in total. The van der Waals surface area contributed by atoms with Crippen molar-refractivity contribution in [2.24, 2.45) is 0 Å². The molecule has 0 saturated heterocycles. The average Bonchev–Trinajstić information content (AvgIpc) is 2.49. The van der Waals surface area contributed by atoms with Crippen LogP contribution in [0.3, 0.4) is 0 Å². The SMILES string of the molecule is Fc1ccc(-c2c(F)cc(-c3ccccc3F)cc2F)cc1. The van der Waals surface area contributed by atoms with E-state index >= 15 is 0 Å². The first-order valence-corrected chi connectivity index (χ1v) is 6.56. The van der Waals surface area contributed by atoms with E-state index in [4.69, 9.17) is 0 Å². The molecule has 0 aromatic heterocycles. The molecule has 0 fully saturated rings. The molecule has 4 heteroatoms. The van der Waals surface area contributed by atoms with Gasteiger partial charge in [0.25, 0.3) is 0 Å². The molecule has 0 atom stereocenters. The number of hydrogen-bond donors (Lipinski definition) is 0. The fourth-order valence-electron chi connectivity index (χ4n) is 2.32. The van der Waals surface area contributed by atoms with Crippen molar-refractivity contribution in [3.05, 3.63) is 83.9 Å². The van der Waals surface area contributed by atoms with Gasteiger partial charge in [0.05, 0.1) is 5.56 Å². The highest BCUT2D eigenvalue weighted by Crippen LogP contribution is 2.32. The topological polar surface area (TPSA) is 0 Å². The molecule has 3 aromatic carbocycles. The van der Waals surface area contributed by atoms with Gasteiger partial charge < -0.3 is 0 Å². The molecule has 0 heterocycles. The quantitative estimate of drug-likeness (QED) is 0.542. The number of hydrogen-bond acceptors (Lipinski definition) is 0. The third-order valence-corrected chi connectivity index (χ3v) is 3.36. The lowest BCUT2D eigenvalue weighted by Gasteiger charge is -2.09. The molecule has 0 bridgehead atoms. The smallest absolute Gasteiger partial charge is 0.134 e. The number of rotatable bonds is 2. The van der Waals surface area contributed by atoms with E-state index in [1.165, 1.54) is 30.3 Å². The lowest BCUT2D eigenvalue weighted by Crippen LogP contribution is -1.93. The maximum absolute atomic E-state index is 14.3. The first kappa shape index (κ1) is 14.3. The maximum Gasteiger partial charge on any atom is 0.134 e. The van der Waals surface area contributed by atoms with Crippen molar-refractivity contribution in [2.45, 2.75) is 0 Å². The highest BCUT2D eigenvalue weighted by molar-refractivity contribution is 5.72. The second-order valence-electron chi connectivity index (χ2n) is 4.80. The predicted octanol–water partition coefficient (Wildman–Crippen LogP) is 5.58. The summed E-state index contributed by atoms with van der Waals surface area (Å²) in [7, 11) is 0. The standard InChI is InChI=1S/C18H10F4/c19-13-7-5-11(6-8-13)18-16(21)9-12(10-17(18)22)14-3-1-2-4-15(14)20/h1-10H. The molecule has 3 rings (SSSR count). The summed E-state index contributed by atoms with van der Waals surface area (Å²) in [4.78, 5) is 0. The van der Waals surface area contributed by atoms with Gasteiger partial charge in [-0.2, -0.15) is 0 Å². The molecule has 3 aromatic rings. The summed E-state index contributed by atoms with van der Waals surface area (Å²) < 4.78 is 55.1. The molecule has 0 saturated carbocycles. The van der Waals surface area contributed by atoms with E-state index < -0.39 is 23.3 Å². The average molecular weight is 302 g/mol. The molecule has 0 spiro atoms. The van der Waals surface area contributed by atoms with Gasteiger partial charge in [0.2, 0.25) is 0 Å². The van der Waals surface area contributed by atoms with Crippen molar-refractivity contribution in [3.63, 3.8) is 0 Å². The monoisotopic (exact) mass is 302 g/mol. The molecular weight excluding hydrogens is 292 g/mol. The van der Waals surface area contributed by atoms with Gasteiger partial charge in [0, 0.05) is 5.56 Å². The zero-order chi connectivity index (χ0) is 15.7. The van der Waals surface area contributed by atoms with Gasteiger partial charge in [0.15, 0.2) is 0 Å². The molecular formula is C18H10F4. The first-order chi connectivity index (χ1) is 10.6. The first-order valence-electron chi connectivity index (χ1n) is 6.56. The van der Waals surface area contributed by atoms with Crippen LogP contribution < -0.4 is 0 Å². The Morgan fingerprint density at radius 1 is 0.545 bits per heavy atom. The Morgan fingerprint density at radius 3 is 1.73 bits per heavy atom. The van der Waals surface area contributed by atoms with Crippen molar-refractivity contribution in [1.29, 1.82) is 0 Å². The zero-order valence-corrected chi connectivity index (χ0v) is 11.3. The van der Waals surface area contributed by atoms with Crippen LogP contribution in [0.15, 0.2) is 60.7 Å². The Balaban J connectivity index is 2.13. The van der Waals surface area contributed by atoms with Crippen LogP contribution in [-0.2, 0) is 0 Å². The summed E-state index contributed by atoms with van der Waals surface area (Å²) in [5, 5.41) is 0. The molecule has 0 aliphatic rings. The normalized spacial score (nSPS) is 10.7. The molecule has 0 N–H and O–H groups in total. The number of benzene rings is 3. The largest absolute Gasteiger partial charge is 0.207 e. The van der Waals surface area contributed by atoms with Crippen molar-refractivity contribution < 1.29 is 17.6 Å². The van der Waals surface area contributed by atoms with E-state index in [9.17, 15) is 17.6 Å². The van der Waals surface area contributed by atoms with Gasteiger partial charge >= 0.3 is 0 Å². The molecule has 0 unspecified atom stereocenters. The predicted molar refractivity (Wildman–Crippen MR) is 77.1 cm³/mol. The van der Waals surface area contributed by atoms with E-state index in [0.717, 1.165) is 24.3 Å². The van der Waals surface area contributed by atoms with E-state index in [-0.39, 0.29) is 22.3 Å². The van der Waals surface area contributed by atoms with Crippen molar-refractivity contribution in [1.82, 2.24) is 0 Å². The van der Waals surface area contributed by atoms with Crippen LogP contribution in [0.4, 0.5) is 17.6 Å². The van der Waals surface area contributed by atoms with Gasteiger partial charge in [-0.3, -0.25) is 0 Å². The summed E-state index contributed by atoms with van der Waals surface area (Å²) in [6, 6.07) is 12.7. The Labute approximate surface area is 124 Å². The van der Waals surface area contributed by atoms with Crippen LogP contribution in [0.2, 0.25) is 0 Å². The summed E-state index contributed by atoms with van der Waals surface area (Å²) in [6.45, 7) is 0. The second-order valence-corrected chi connectivity index (χ2v) is 4.80. The van der Waals surface area contributed by atoms with Gasteiger partial charge in [-0.1, -0.05) is 30.3 Å². The van der Waals surface area contributed by atoms with Gasteiger partial charge in [-0.05, 0) is 41.5 Å². The van der Waals surface area contributed by atoms with Gasteiger partial charge in [-0.25, -0.2) is 17.6 Å². The fraction of sp³-hybridized carbons (Fsp3) is 0. The number of halogens is 4. The molecule has 110 valence electrons. The minimum absolute atomic E-state index is 0.110. The highest BCUT2D eigenvalue weighted by atomic mass is 19.1. The van der Waals surface area contributed by atoms with Crippen molar-refractivity contribution >= 4 is 0 Å². The van der Waals surface area contributed by atoms with E-state index in [1.807, 2.05) is 0 Å². The summed E-state index contributed by atoms with van der Waals surface area (Å²) in [6.07, 6.45) is 0. The Bertz CT molecular complexity index is 800. The third-order valence-electron chi connectivity index (χ3n) is 3.36. The van der Waals surface area contributed by atoms with Crippen molar-refractivity contribution in [3.8, 4) is 22.3 Å². The third kappa shape index (κ3) is 2.60. The Kier molecular flexibility index (Phi) is 3.67. The van der Waals surface area contributed by atoms with Crippen LogP contribution in [0.5, 0.6) is 0 Å². The molecule has 0 amide bonds. The van der Waals surface area contributed by atoms with Crippen LogP contribution >= 0.6 is 0 Å². The Morgan fingerprint density at radius 2 is 1.14 bits per heavy atom. The zero-order valence-electron chi connectivity index (χ0n) is 11.3. The van der Waals surface area contributed by atoms with E-state index in [0.29, 0.717) is 0 Å². The maximum atomic E-state index is 14.3. The fourth-order valence-corrected chi connectivity index (χ4v) is 2.32. The van der Waals surface area contributed by atoms with E-state index in [1.54, 1.807) is 6.07 Å². The summed E-state index contributed by atoms with van der Waals surface area (Å²) in [5.74, 6) is -2.71. The minimum Gasteiger partial charge on any atom is -0.207 e. The highest BCUT2D eigenvalue weighted by Gasteiger charge is 2.15. The summed E-state index contributed by atoms with van der Waals surface area (Å²) >= 11 is 0. The van der Waals surface area contributed by atoms with Crippen LogP contribution in [0.1, 0.15) is 0 Å². The van der Waals surface area contributed by atoms with E-state index in [2.05, 4.69) is 0 Å². The van der Waals surface area contributed by atoms with Crippen LogP contribution in [0, 0.1) is 23.3 Å². The molecule has 0 aliphatic heterocycles. The lowest BCUT2D eigenvalue weighted by atomic mass is 9.98. The molecule has 0 aliphatic carbocycles. The lowest BCUT2D eigenvalue weighted by molar-refractivity contribution is 0.589. The molecule has 22 heavy (non-hydrogen) atoms. The summed E-state index contributed by atoms with van der Waals surface area (Å²) in [5.41, 5.74) is 0.182. The van der Waals surface area contributed by atoms with Crippen LogP contribution in [-0.4, -0.2) is 0 Å². The Hall–Kier alpha value is -2.62. The van der Waals surface area contributed by atoms with Gasteiger partial charge in [-0.15, -0.1) is 0 Å².